The summed E-state index contributed by atoms with van der Waals surface area (Å²) in [6, 6.07) is 11.8. The highest BCUT2D eigenvalue weighted by atomic mass is 79.9. The molecule has 0 fully saturated rings. The number of methoxy groups -OCH3 is 1. The summed E-state index contributed by atoms with van der Waals surface area (Å²) in [4.78, 5) is 15.7. The number of carbonyl (C=O) groups is 1. The van der Waals surface area contributed by atoms with Crippen LogP contribution in [0.3, 0.4) is 0 Å². The molecule has 1 aromatic heterocycles. The Morgan fingerprint density at radius 2 is 2.00 bits per heavy atom. The molecule has 0 unspecified atom stereocenters. The van der Waals surface area contributed by atoms with Gasteiger partial charge in [0, 0.05) is 16.4 Å². The molecule has 3 nitrogen and oxygen atoms in total. The maximum absolute atomic E-state index is 11.4. The number of nitrogens with zero attached hydrogens (tertiary/aromatic N) is 1. The van der Waals surface area contributed by atoms with Crippen molar-refractivity contribution in [2.45, 2.75) is 17.2 Å². The van der Waals surface area contributed by atoms with Crippen LogP contribution in [0.2, 0.25) is 0 Å². The lowest BCUT2D eigenvalue weighted by Crippen LogP contribution is -2.06. The van der Waals surface area contributed by atoms with Gasteiger partial charge in [-0.2, -0.15) is 0 Å². The molecular weight excluding hydrogens is 338 g/mol. The zero-order valence-corrected chi connectivity index (χ0v) is 13.4. The van der Waals surface area contributed by atoms with E-state index in [9.17, 15) is 4.79 Å². The lowest BCUT2D eigenvalue weighted by molar-refractivity contribution is -0.139. The zero-order valence-electron chi connectivity index (χ0n) is 11.0. The van der Waals surface area contributed by atoms with Crippen LogP contribution in [0.4, 0.5) is 0 Å². The van der Waals surface area contributed by atoms with E-state index in [2.05, 4.69) is 20.9 Å². The predicted octanol–water partition coefficient (Wildman–Crippen LogP) is 3.85. The van der Waals surface area contributed by atoms with E-state index < -0.39 is 0 Å². The maximum atomic E-state index is 11.4. The van der Waals surface area contributed by atoms with Crippen molar-refractivity contribution < 1.29 is 9.53 Å². The number of benzene rings is 1. The standard InChI is InChI=1S/C15H14BrNO2S/c1-19-15(18)8-11-4-2-3-5-12(11)10-20-14-7-6-13(16)9-17-14/h2-7,9H,8,10H2,1H3. The number of rotatable bonds is 5. The lowest BCUT2D eigenvalue weighted by atomic mass is 10.1. The SMILES string of the molecule is COC(=O)Cc1ccccc1CSc1ccc(Br)cn1. The van der Waals surface area contributed by atoms with E-state index in [1.165, 1.54) is 7.11 Å². The highest BCUT2D eigenvalue weighted by Crippen LogP contribution is 2.24. The lowest BCUT2D eigenvalue weighted by Gasteiger charge is -2.08. The zero-order chi connectivity index (χ0) is 14.4. The molecule has 20 heavy (non-hydrogen) atoms. The Bertz CT molecular complexity index is 587. The Balaban J connectivity index is 2.05. The third-order valence-corrected chi connectivity index (χ3v) is 4.22. The Kier molecular flexibility index (Phi) is 5.61. The number of aromatic nitrogens is 1. The van der Waals surface area contributed by atoms with E-state index in [0.717, 1.165) is 26.4 Å². The molecule has 2 aromatic rings. The Morgan fingerprint density at radius 3 is 2.65 bits per heavy atom. The number of carbonyl (C=O) groups excluding carboxylic acids is 1. The smallest absolute Gasteiger partial charge is 0.309 e. The summed E-state index contributed by atoms with van der Waals surface area (Å²) in [5.41, 5.74) is 2.14. The Hall–Kier alpha value is -1.33. The minimum Gasteiger partial charge on any atom is -0.469 e. The van der Waals surface area contributed by atoms with Crippen molar-refractivity contribution >= 4 is 33.7 Å². The average molecular weight is 352 g/mol. The van der Waals surface area contributed by atoms with E-state index in [1.54, 1.807) is 18.0 Å². The third-order valence-electron chi connectivity index (χ3n) is 2.76. The van der Waals surface area contributed by atoms with Gasteiger partial charge in [0.25, 0.3) is 0 Å². The molecular formula is C15H14BrNO2S. The molecule has 2 rings (SSSR count). The van der Waals surface area contributed by atoms with Gasteiger partial charge in [0.2, 0.25) is 0 Å². The normalized spacial score (nSPS) is 10.3. The van der Waals surface area contributed by atoms with E-state index in [0.29, 0.717) is 6.42 Å². The number of pyridine rings is 1. The van der Waals surface area contributed by atoms with Gasteiger partial charge in [-0.05, 0) is 39.2 Å². The highest BCUT2D eigenvalue weighted by Gasteiger charge is 2.08. The van der Waals surface area contributed by atoms with Crippen LogP contribution in [0.25, 0.3) is 0 Å². The molecule has 0 atom stereocenters. The van der Waals surface area contributed by atoms with Gasteiger partial charge in [-0.25, -0.2) is 4.98 Å². The van der Waals surface area contributed by atoms with Gasteiger partial charge < -0.3 is 4.74 Å². The van der Waals surface area contributed by atoms with Crippen LogP contribution in [-0.4, -0.2) is 18.1 Å². The number of thioether (sulfide) groups is 1. The van der Waals surface area contributed by atoms with Crippen molar-refractivity contribution in [2.24, 2.45) is 0 Å². The van der Waals surface area contributed by atoms with Crippen molar-refractivity contribution in [1.82, 2.24) is 4.98 Å². The van der Waals surface area contributed by atoms with E-state index >= 15 is 0 Å². The highest BCUT2D eigenvalue weighted by molar-refractivity contribution is 9.10. The molecule has 0 aliphatic rings. The van der Waals surface area contributed by atoms with Crippen molar-refractivity contribution in [3.63, 3.8) is 0 Å². The van der Waals surface area contributed by atoms with E-state index in [-0.39, 0.29) is 5.97 Å². The molecule has 0 bridgehead atoms. The largest absolute Gasteiger partial charge is 0.469 e. The van der Waals surface area contributed by atoms with Crippen LogP contribution in [0.15, 0.2) is 52.1 Å². The summed E-state index contributed by atoms with van der Waals surface area (Å²) >= 11 is 5.01. The van der Waals surface area contributed by atoms with Crippen LogP contribution in [0.1, 0.15) is 11.1 Å². The van der Waals surface area contributed by atoms with Crippen LogP contribution >= 0.6 is 27.7 Å². The first-order valence-electron chi connectivity index (χ1n) is 6.07. The molecule has 1 aromatic carbocycles. The number of hydrogen-bond acceptors (Lipinski definition) is 4. The second-order valence-electron chi connectivity index (χ2n) is 4.12. The van der Waals surface area contributed by atoms with E-state index in [4.69, 9.17) is 4.74 Å². The van der Waals surface area contributed by atoms with E-state index in [1.807, 2.05) is 36.4 Å². The number of esters is 1. The van der Waals surface area contributed by atoms with Gasteiger partial charge in [-0.15, -0.1) is 11.8 Å². The summed E-state index contributed by atoms with van der Waals surface area (Å²) in [5.74, 6) is 0.561. The second kappa shape index (κ2) is 7.45. The Morgan fingerprint density at radius 1 is 1.25 bits per heavy atom. The third kappa shape index (κ3) is 4.35. The first-order chi connectivity index (χ1) is 9.69. The van der Waals surface area contributed by atoms with Gasteiger partial charge in [0.1, 0.15) is 0 Å². The van der Waals surface area contributed by atoms with Gasteiger partial charge in [0.05, 0.1) is 18.6 Å². The quantitative estimate of drug-likeness (QED) is 0.605. The van der Waals surface area contributed by atoms with Crippen LogP contribution in [0, 0.1) is 0 Å². The minimum absolute atomic E-state index is 0.218. The second-order valence-corrected chi connectivity index (χ2v) is 6.04. The first-order valence-corrected chi connectivity index (χ1v) is 7.85. The molecule has 0 radical (unpaired) electrons. The molecule has 0 aliphatic carbocycles. The molecule has 0 saturated carbocycles. The summed E-state index contributed by atoms with van der Waals surface area (Å²) in [6.07, 6.45) is 2.09. The molecule has 0 spiro atoms. The predicted molar refractivity (Wildman–Crippen MR) is 83.7 cm³/mol. The molecule has 0 N–H and O–H groups in total. The maximum Gasteiger partial charge on any atom is 0.309 e. The molecule has 0 saturated heterocycles. The van der Waals surface area contributed by atoms with Gasteiger partial charge in [0.15, 0.2) is 0 Å². The van der Waals surface area contributed by atoms with Crippen molar-refractivity contribution in [2.75, 3.05) is 7.11 Å². The molecule has 104 valence electrons. The number of halogens is 1. The van der Waals surface area contributed by atoms with Gasteiger partial charge >= 0.3 is 5.97 Å². The van der Waals surface area contributed by atoms with Crippen LogP contribution in [0.5, 0.6) is 0 Å². The summed E-state index contributed by atoms with van der Waals surface area (Å²) < 4.78 is 5.69. The van der Waals surface area contributed by atoms with Crippen LogP contribution < -0.4 is 0 Å². The molecule has 1 heterocycles. The summed E-state index contributed by atoms with van der Waals surface area (Å²) in [7, 11) is 1.41. The number of hydrogen-bond donors (Lipinski definition) is 0. The topological polar surface area (TPSA) is 39.2 Å². The van der Waals surface area contributed by atoms with Gasteiger partial charge in [-0.1, -0.05) is 24.3 Å². The first kappa shape index (κ1) is 15.1. The molecule has 0 amide bonds. The summed E-state index contributed by atoms with van der Waals surface area (Å²) in [5, 5.41) is 0.959. The van der Waals surface area contributed by atoms with Crippen molar-refractivity contribution in [3.05, 3.63) is 58.2 Å². The fraction of sp³-hybridized carbons (Fsp3) is 0.200. The average Bonchev–Trinajstić information content (AvgIpc) is 2.48. The van der Waals surface area contributed by atoms with Crippen molar-refractivity contribution in [1.29, 1.82) is 0 Å². The van der Waals surface area contributed by atoms with Gasteiger partial charge in [-0.3, -0.25) is 4.79 Å². The fourth-order valence-corrected chi connectivity index (χ4v) is 2.81. The van der Waals surface area contributed by atoms with Crippen LogP contribution in [-0.2, 0) is 21.7 Å². The fourth-order valence-electron chi connectivity index (χ4n) is 1.70. The monoisotopic (exact) mass is 351 g/mol. The Labute approximate surface area is 130 Å². The molecule has 5 heteroatoms. The van der Waals surface area contributed by atoms with Crippen molar-refractivity contribution in [3.8, 4) is 0 Å². The minimum atomic E-state index is -0.218. The number of ether oxygens (including phenoxy) is 1. The molecule has 0 aliphatic heterocycles. The summed E-state index contributed by atoms with van der Waals surface area (Å²) in [6.45, 7) is 0.